The number of nitrogens with zero attached hydrogens (tertiary/aromatic N) is 1. The van der Waals surface area contributed by atoms with Crippen LogP contribution in [-0.2, 0) is 4.79 Å². The first-order valence-corrected chi connectivity index (χ1v) is 10.1. The molecule has 0 fully saturated rings. The monoisotopic (exact) mass is 550 g/mol. The fourth-order valence-corrected chi connectivity index (χ4v) is 4.00. The van der Waals surface area contributed by atoms with Crippen LogP contribution in [0.3, 0.4) is 0 Å². The van der Waals surface area contributed by atoms with Gasteiger partial charge in [-0.05, 0) is 93.5 Å². The predicted molar refractivity (Wildman–Crippen MR) is 121 cm³/mol. The van der Waals surface area contributed by atoms with Gasteiger partial charge in [-0.3, -0.25) is 4.79 Å². The molecule has 1 N–H and O–H groups in total. The fraction of sp³-hybridized carbons (Fsp3) is 0.143. The van der Waals surface area contributed by atoms with Gasteiger partial charge in [-0.2, -0.15) is 5.26 Å². The molecule has 2 aromatic rings. The van der Waals surface area contributed by atoms with Crippen molar-refractivity contribution in [1.29, 1.82) is 5.26 Å². The van der Waals surface area contributed by atoms with Crippen LogP contribution < -0.4 is 14.8 Å². The standard InChI is InChI=1S/C21H16BrIN2O3/c1-3-9-28-20-18(22)11-14(12-19(20)23)10-15(13-24)21(26)25-16-5-7-17(8-6-16)27-4-2/h1,5-8,10-12H,4,9H2,2H3,(H,25,26)/b15-10-. The second kappa shape index (κ2) is 10.7. The van der Waals surface area contributed by atoms with E-state index in [1.165, 1.54) is 6.08 Å². The number of terminal acetylenes is 1. The maximum absolute atomic E-state index is 12.4. The third-order valence-corrected chi connectivity index (χ3v) is 4.81. The molecule has 0 saturated carbocycles. The molecule has 0 heterocycles. The summed E-state index contributed by atoms with van der Waals surface area (Å²) in [6.07, 6.45) is 6.74. The van der Waals surface area contributed by atoms with Gasteiger partial charge < -0.3 is 14.8 Å². The first-order valence-electron chi connectivity index (χ1n) is 8.19. The molecule has 0 atom stereocenters. The van der Waals surface area contributed by atoms with E-state index >= 15 is 0 Å². The Balaban J connectivity index is 2.19. The lowest BCUT2D eigenvalue weighted by Gasteiger charge is -2.09. The minimum Gasteiger partial charge on any atom is -0.494 e. The lowest BCUT2D eigenvalue weighted by molar-refractivity contribution is -0.112. The lowest BCUT2D eigenvalue weighted by Crippen LogP contribution is -2.13. The van der Waals surface area contributed by atoms with Crippen molar-refractivity contribution in [3.05, 3.63) is 55.6 Å². The van der Waals surface area contributed by atoms with Crippen LogP contribution in [0, 0.1) is 27.2 Å². The average Bonchev–Trinajstić information content (AvgIpc) is 2.67. The molecule has 2 rings (SSSR count). The molecule has 142 valence electrons. The third kappa shape index (κ3) is 6.01. The average molecular weight is 551 g/mol. The summed E-state index contributed by atoms with van der Waals surface area (Å²) < 4.78 is 12.3. The Morgan fingerprint density at radius 1 is 1.32 bits per heavy atom. The zero-order valence-corrected chi connectivity index (χ0v) is 18.7. The summed E-state index contributed by atoms with van der Waals surface area (Å²) in [5.41, 5.74) is 1.24. The highest BCUT2D eigenvalue weighted by atomic mass is 127. The summed E-state index contributed by atoms with van der Waals surface area (Å²) in [5, 5.41) is 12.1. The molecular formula is C21H16BrIN2O3. The van der Waals surface area contributed by atoms with Gasteiger partial charge in [0.1, 0.15) is 29.7 Å². The Bertz CT molecular complexity index is 950. The lowest BCUT2D eigenvalue weighted by atomic mass is 10.1. The second-order valence-corrected chi connectivity index (χ2v) is 7.40. The van der Waals surface area contributed by atoms with Gasteiger partial charge in [0, 0.05) is 5.69 Å². The van der Waals surface area contributed by atoms with Crippen LogP contribution >= 0.6 is 38.5 Å². The molecule has 0 spiro atoms. The number of halogens is 2. The fourth-order valence-electron chi connectivity index (χ4n) is 2.23. The zero-order chi connectivity index (χ0) is 20.5. The number of benzene rings is 2. The van der Waals surface area contributed by atoms with Crippen molar-refractivity contribution in [3.8, 4) is 29.9 Å². The van der Waals surface area contributed by atoms with Crippen molar-refractivity contribution in [2.45, 2.75) is 6.92 Å². The van der Waals surface area contributed by atoms with Crippen molar-refractivity contribution in [1.82, 2.24) is 0 Å². The molecule has 5 nitrogen and oxygen atoms in total. The van der Waals surface area contributed by atoms with Gasteiger partial charge in [0.2, 0.25) is 0 Å². The minimum absolute atomic E-state index is 0.0196. The highest BCUT2D eigenvalue weighted by molar-refractivity contribution is 14.1. The Morgan fingerprint density at radius 3 is 2.61 bits per heavy atom. The van der Waals surface area contributed by atoms with Crippen molar-refractivity contribution in [2.24, 2.45) is 0 Å². The molecule has 1 amide bonds. The quantitative estimate of drug-likeness (QED) is 0.228. The van der Waals surface area contributed by atoms with Gasteiger partial charge in [-0.1, -0.05) is 5.92 Å². The Morgan fingerprint density at radius 2 is 2.04 bits per heavy atom. The molecule has 0 radical (unpaired) electrons. The van der Waals surface area contributed by atoms with E-state index in [1.807, 2.05) is 13.0 Å². The number of nitriles is 1. The van der Waals surface area contributed by atoms with E-state index in [4.69, 9.17) is 15.9 Å². The summed E-state index contributed by atoms with van der Waals surface area (Å²) in [7, 11) is 0. The maximum Gasteiger partial charge on any atom is 0.266 e. The second-order valence-electron chi connectivity index (χ2n) is 5.39. The number of hydrogen-bond donors (Lipinski definition) is 1. The number of amides is 1. The van der Waals surface area contributed by atoms with Gasteiger partial charge in [-0.25, -0.2) is 0 Å². The van der Waals surface area contributed by atoms with Gasteiger partial charge in [0.15, 0.2) is 0 Å². The van der Waals surface area contributed by atoms with Crippen LogP contribution in [0.5, 0.6) is 11.5 Å². The van der Waals surface area contributed by atoms with Gasteiger partial charge in [0.05, 0.1) is 14.6 Å². The Hall–Kier alpha value is -2.49. The molecule has 0 bridgehead atoms. The topological polar surface area (TPSA) is 71.3 Å². The highest BCUT2D eigenvalue weighted by Gasteiger charge is 2.12. The predicted octanol–water partition coefficient (Wildman–Crippen LogP) is 5.01. The Kier molecular flexibility index (Phi) is 8.37. The molecule has 0 aromatic heterocycles. The summed E-state index contributed by atoms with van der Waals surface area (Å²) in [4.78, 5) is 12.4. The first kappa shape index (κ1) is 21.8. The maximum atomic E-state index is 12.4. The van der Waals surface area contributed by atoms with Gasteiger partial charge in [-0.15, -0.1) is 6.42 Å². The molecule has 0 saturated heterocycles. The number of rotatable bonds is 7. The van der Waals surface area contributed by atoms with E-state index in [-0.39, 0.29) is 12.2 Å². The van der Waals surface area contributed by atoms with Crippen molar-refractivity contribution >= 4 is 56.2 Å². The van der Waals surface area contributed by atoms with E-state index < -0.39 is 5.91 Å². The number of carbonyl (C=O) groups excluding carboxylic acids is 1. The van der Waals surface area contributed by atoms with Crippen LogP contribution in [0.25, 0.3) is 6.08 Å². The van der Waals surface area contributed by atoms with Crippen LogP contribution in [-0.4, -0.2) is 19.1 Å². The van der Waals surface area contributed by atoms with E-state index in [9.17, 15) is 10.1 Å². The number of carbonyl (C=O) groups is 1. The number of anilines is 1. The molecule has 0 aliphatic rings. The zero-order valence-electron chi connectivity index (χ0n) is 15.0. The molecule has 0 aliphatic heterocycles. The smallest absolute Gasteiger partial charge is 0.266 e. The van der Waals surface area contributed by atoms with E-state index in [2.05, 4.69) is 49.8 Å². The first-order chi connectivity index (χ1) is 13.5. The van der Waals surface area contributed by atoms with Crippen LogP contribution in [0.2, 0.25) is 0 Å². The third-order valence-electron chi connectivity index (χ3n) is 3.42. The molecule has 2 aromatic carbocycles. The van der Waals surface area contributed by atoms with E-state index in [0.29, 0.717) is 33.8 Å². The largest absolute Gasteiger partial charge is 0.494 e. The van der Waals surface area contributed by atoms with Crippen molar-refractivity contribution < 1.29 is 14.3 Å². The highest BCUT2D eigenvalue weighted by Crippen LogP contribution is 2.32. The summed E-state index contributed by atoms with van der Waals surface area (Å²) in [6.45, 7) is 2.61. The van der Waals surface area contributed by atoms with E-state index in [1.54, 1.807) is 36.4 Å². The minimum atomic E-state index is -0.495. The molecule has 28 heavy (non-hydrogen) atoms. The van der Waals surface area contributed by atoms with Crippen LogP contribution in [0.15, 0.2) is 46.4 Å². The molecule has 0 aliphatic carbocycles. The van der Waals surface area contributed by atoms with E-state index in [0.717, 1.165) is 3.57 Å². The number of hydrogen-bond acceptors (Lipinski definition) is 4. The van der Waals surface area contributed by atoms with Gasteiger partial charge >= 0.3 is 0 Å². The molecular weight excluding hydrogens is 535 g/mol. The van der Waals surface area contributed by atoms with Crippen molar-refractivity contribution in [2.75, 3.05) is 18.5 Å². The summed E-state index contributed by atoms with van der Waals surface area (Å²) in [6, 6.07) is 12.4. The Labute approximate surface area is 186 Å². The molecule has 7 heteroatoms. The SMILES string of the molecule is C#CCOc1c(Br)cc(/C=C(/C#N)C(=O)Nc2ccc(OCC)cc2)cc1I. The molecule has 0 unspecified atom stereocenters. The van der Waals surface area contributed by atoms with Crippen LogP contribution in [0.4, 0.5) is 5.69 Å². The van der Waals surface area contributed by atoms with Crippen molar-refractivity contribution in [3.63, 3.8) is 0 Å². The summed E-state index contributed by atoms with van der Waals surface area (Å²) >= 11 is 5.53. The van der Waals surface area contributed by atoms with Crippen LogP contribution in [0.1, 0.15) is 12.5 Å². The van der Waals surface area contributed by atoms with Gasteiger partial charge in [0.25, 0.3) is 5.91 Å². The normalized spacial score (nSPS) is 10.5. The summed E-state index contributed by atoms with van der Waals surface area (Å²) in [5.74, 6) is 3.25. The number of ether oxygens (including phenoxy) is 2. The number of nitrogens with one attached hydrogen (secondary N) is 1.